The zero-order valence-electron chi connectivity index (χ0n) is 54.8. The SMILES string of the molecule is C=C[C@]1(C)C[C@@H](OC(=O)NC(=O)OC2CC(N)C2)[C@]2(C)C(C)CC[C@]3(CCC(=O)[C@H]32)[C@@H](C)[C@@H]1O.C=C[C@]1(C)C[C@@H](OC(N)=O)[C@]2(C)C(C)CC[C@]3(CC[C@@H](OC)C32)[C@@H](C)C1=O.CC(C)(C)OC(=O)NC1CC(OC(=O)n2ccnc2)C1.O=C(O)[C@H](O)[C@@H](O)C(=O)O. The first-order chi connectivity index (χ1) is 42.2. The summed E-state index contributed by atoms with van der Waals surface area (Å²) >= 11 is 0. The monoisotopic (exact) mass is 1280 g/mol. The summed E-state index contributed by atoms with van der Waals surface area (Å²) in [6.07, 6.45) is 7.64. The van der Waals surface area contributed by atoms with E-state index in [-0.39, 0.29) is 87.8 Å². The lowest BCUT2D eigenvalue weighted by atomic mass is 9.44. The van der Waals surface area contributed by atoms with Gasteiger partial charge >= 0.3 is 42.4 Å². The number of aromatic nitrogens is 2. The summed E-state index contributed by atoms with van der Waals surface area (Å²) in [5.74, 6) is -3.02. The molecule has 1 aromatic rings. The van der Waals surface area contributed by atoms with Crippen molar-refractivity contribution in [3.63, 3.8) is 0 Å². The van der Waals surface area contributed by atoms with Crippen LogP contribution in [0.2, 0.25) is 0 Å². The maximum absolute atomic E-state index is 13.6. The van der Waals surface area contributed by atoms with Gasteiger partial charge in [-0.1, -0.05) is 60.6 Å². The highest BCUT2D eigenvalue weighted by molar-refractivity contribution is 5.90. The second kappa shape index (κ2) is 28.4. The number of Topliss-reactive ketones (excluding diaryl/α,β-unsaturated/α-hetero) is 2. The van der Waals surface area contributed by atoms with E-state index in [4.69, 9.17) is 60.3 Å². The van der Waals surface area contributed by atoms with Crippen molar-refractivity contribution in [1.29, 1.82) is 0 Å². The molecule has 0 spiro atoms. The average Bonchev–Trinajstić information content (AvgIpc) is 1.67. The van der Waals surface area contributed by atoms with Crippen LogP contribution in [0.25, 0.3) is 0 Å². The molecule has 1 heterocycles. The quantitative estimate of drug-likeness (QED) is 0.0760. The molecule has 0 aromatic carbocycles. The van der Waals surface area contributed by atoms with Gasteiger partial charge in [-0.15, -0.1) is 13.2 Å². The van der Waals surface area contributed by atoms with Gasteiger partial charge in [0.15, 0.2) is 12.2 Å². The number of rotatable bonds is 11. The molecule has 510 valence electrons. The molecule has 0 radical (unpaired) electrons. The van der Waals surface area contributed by atoms with Gasteiger partial charge < -0.3 is 70.7 Å². The van der Waals surface area contributed by atoms with Crippen LogP contribution in [0.1, 0.15) is 166 Å². The highest BCUT2D eigenvalue weighted by Gasteiger charge is 2.70. The Morgan fingerprint density at radius 3 is 1.82 bits per heavy atom. The van der Waals surface area contributed by atoms with Crippen molar-refractivity contribution < 1.29 is 97.1 Å². The second-order valence-electron chi connectivity index (χ2n) is 28.9. The first kappa shape index (κ1) is 73.6. The fraction of sp³-hybridized carbons (Fsp3) is 0.754. The summed E-state index contributed by atoms with van der Waals surface area (Å²) in [5, 5.41) is 49.0. The summed E-state index contributed by atoms with van der Waals surface area (Å²) < 4.78 is 34.5. The molecule has 8 fully saturated rings. The number of imidazole rings is 1. The number of hydrogen-bond acceptors (Lipinski definition) is 20. The van der Waals surface area contributed by atoms with Gasteiger partial charge in [-0.3, -0.25) is 9.59 Å². The van der Waals surface area contributed by atoms with Crippen molar-refractivity contribution >= 4 is 54.0 Å². The van der Waals surface area contributed by atoms with Crippen molar-refractivity contribution in [2.24, 2.45) is 79.5 Å². The van der Waals surface area contributed by atoms with Crippen LogP contribution in [0.3, 0.4) is 0 Å². The summed E-state index contributed by atoms with van der Waals surface area (Å²) in [4.78, 5) is 110. The van der Waals surface area contributed by atoms with E-state index in [1.54, 1.807) is 19.3 Å². The van der Waals surface area contributed by atoms with Gasteiger partial charge in [-0.05, 0) is 120 Å². The number of aliphatic hydroxyl groups excluding tert-OH is 3. The normalized spacial score (nSPS) is 39.2. The van der Waals surface area contributed by atoms with Crippen LogP contribution >= 0.6 is 0 Å². The number of amides is 4. The minimum atomic E-state index is -2.27. The Kier molecular flexibility index (Phi) is 23.0. The molecule has 3 unspecified atom stereocenters. The first-order valence-corrected chi connectivity index (χ1v) is 31.7. The molecular weight excluding hydrogens is 1180 g/mol. The topological polar surface area (TPSA) is 404 Å². The number of methoxy groups -OCH3 is 1. The van der Waals surface area contributed by atoms with Crippen molar-refractivity contribution in [1.82, 2.24) is 20.2 Å². The van der Waals surface area contributed by atoms with E-state index in [9.17, 15) is 48.3 Å². The average molecular weight is 1290 g/mol. The molecule has 18 atom stereocenters. The second-order valence-corrected chi connectivity index (χ2v) is 28.9. The molecule has 26 nitrogen and oxygen atoms in total. The number of nitrogens with one attached hydrogen (secondary N) is 2. The van der Waals surface area contributed by atoms with Gasteiger partial charge in [0.05, 0.1) is 12.2 Å². The summed E-state index contributed by atoms with van der Waals surface area (Å²) in [6, 6.07) is 0.00691. The Morgan fingerprint density at radius 1 is 0.758 bits per heavy atom. The van der Waals surface area contributed by atoms with Gasteiger partial charge in [0, 0.05) is 96.7 Å². The lowest BCUT2D eigenvalue weighted by Crippen LogP contribution is -2.63. The molecule has 4 bridgehead atoms. The lowest BCUT2D eigenvalue weighted by molar-refractivity contribution is -0.191. The molecule has 8 aliphatic rings. The number of carboxylic acids is 2. The number of carboxylic acid groups (broad SMARTS) is 2. The number of ether oxygens (including phenoxy) is 6. The Morgan fingerprint density at radius 2 is 1.31 bits per heavy atom. The number of aliphatic hydroxyl groups is 3. The standard InChI is InChI=1S/C26H40N2O6.C22H35NO4.C13H19N3O4.C4H6O6/c1-6-24(4)13-19(34-23(32)28-22(31)33-17-11-16(27)12-17)25(5)14(2)7-9-26(15(3)21(24)30)10-8-18(29)20(25)26;1-7-20(4)12-16(27-19(23)25)21(5)13(2)8-10-22(14(3)18(20)24)11-9-15(26-6)17(21)22;1-13(2,3)20-11(17)15-9-6-10(7-9)19-12(18)16-5-4-14-8-16;5-1(3(7)8)2(6)4(9)10/h6,14-17,19-21,30H,1,7-13,27H2,2-5H3,(H,28,31,32);7,13-17H,1,8-12H2,2-6H3,(H2,23,25);4-5,8-10H,6-7H2,1-3H3,(H,15,17);1-2,5-6H,(H,7,8)(H,9,10)/t14?,15-,16?,17?,19+,20-,21-,24+,25-,26-;13?,14-,15+,16+,17?,20+,21-,22-;;1-,2-/m00.1/s1. The zero-order chi connectivity index (χ0) is 68.3. The van der Waals surface area contributed by atoms with Crippen LogP contribution in [-0.2, 0) is 47.6 Å². The number of primary amides is 1. The van der Waals surface area contributed by atoms with Crippen LogP contribution in [0.4, 0.5) is 24.0 Å². The highest BCUT2D eigenvalue weighted by Crippen LogP contribution is 2.70. The third-order valence-electron chi connectivity index (χ3n) is 22.6. The Labute approximate surface area is 532 Å². The van der Waals surface area contributed by atoms with Crippen LogP contribution in [0, 0.1) is 68.0 Å². The number of carbonyl (C=O) groups excluding carboxylic acids is 7. The highest BCUT2D eigenvalue weighted by atomic mass is 16.6. The number of aliphatic carboxylic acids is 2. The molecule has 8 aliphatic carbocycles. The maximum atomic E-state index is 13.6. The summed E-state index contributed by atoms with van der Waals surface area (Å²) in [6.45, 7) is 30.0. The van der Waals surface area contributed by atoms with Crippen LogP contribution < -0.4 is 22.1 Å². The summed E-state index contributed by atoms with van der Waals surface area (Å²) in [5.41, 5.74) is 7.83. The van der Waals surface area contributed by atoms with E-state index >= 15 is 0 Å². The largest absolute Gasteiger partial charge is 0.479 e. The van der Waals surface area contributed by atoms with E-state index in [0.29, 0.717) is 50.9 Å². The number of allylic oxidation sites excluding steroid dienone is 1. The van der Waals surface area contributed by atoms with Crippen molar-refractivity contribution in [2.75, 3.05) is 7.11 Å². The fourth-order valence-electron chi connectivity index (χ4n) is 16.7. The van der Waals surface area contributed by atoms with Gasteiger partial charge in [0.2, 0.25) is 0 Å². The number of nitrogens with zero attached hydrogens (tertiary/aromatic N) is 2. The van der Waals surface area contributed by atoms with Gasteiger partial charge in [0.1, 0.15) is 47.9 Å². The number of carbonyl (C=O) groups is 9. The van der Waals surface area contributed by atoms with E-state index in [2.05, 4.69) is 70.3 Å². The Bertz CT molecular complexity index is 2840. The molecule has 1 aromatic heterocycles. The van der Waals surface area contributed by atoms with Crippen LogP contribution in [-0.4, -0.2) is 163 Å². The maximum Gasteiger partial charge on any atom is 0.419 e. The molecule has 9 rings (SSSR count). The number of alkyl carbamates (subject to hydrolysis) is 3. The number of hydrogen-bond donors (Lipinski definition) is 9. The van der Waals surface area contributed by atoms with E-state index < -0.39 is 94.8 Å². The number of imide groups is 1. The van der Waals surface area contributed by atoms with E-state index in [0.717, 1.165) is 44.9 Å². The molecular formula is C65H100N6O20. The van der Waals surface area contributed by atoms with Crippen LogP contribution in [0.5, 0.6) is 0 Å². The predicted molar refractivity (Wildman–Crippen MR) is 327 cm³/mol. The van der Waals surface area contributed by atoms with Gasteiger partial charge in [-0.25, -0.2) is 48.4 Å². The van der Waals surface area contributed by atoms with E-state index in [1.807, 2.05) is 34.6 Å². The third kappa shape index (κ3) is 15.1. The Balaban J connectivity index is 0.000000207. The zero-order valence-corrected chi connectivity index (χ0v) is 54.8. The van der Waals surface area contributed by atoms with Gasteiger partial charge in [0.25, 0.3) is 0 Å². The Hall–Kier alpha value is -6.48. The molecule has 11 N–H and O–H groups in total. The molecule has 8 saturated carbocycles. The summed E-state index contributed by atoms with van der Waals surface area (Å²) in [7, 11) is 1.76. The van der Waals surface area contributed by atoms with Crippen molar-refractivity contribution in [3.05, 3.63) is 44.0 Å². The first-order valence-electron chi connectivity index (χ1n) is 31.7. The molecule has 91 heavy (non-hydrogen) atoms. The molecule has 4 amide bonds. The number of ketones is 2. The predicted octanol–water partition coefficient (Wildman–Crippen LogP) is 7.60. The lowest BCUT2D eigenvalue weighted by Gasteiger charge is -2.61. The third-order valence-corrected chi connectivity index (χ3v) is 22.6. The smallest absolute Gasteiger partial charge is 0.419 e. The molecule has 0 aliphatic heterocycles. The van der Waals surface area contributed by atoms with Crippen LogP contribution in [0.15, 0.2) is 44.0 Å². The minimum Gasteiger partial charge on any atom is -0.479 e. The molecule has 26 heteroatoms. The molecule has 0 saturated heterocycles. The minimum absolute atomic E-state index is 0.00885. The number of nitrogens with two attached hydrogens (primary N) is 2. The fourth-order valence-corrected chi connectivity index (χ4v) is 16.7. The van der Waals surface area contributed by atoms with Crippen molar-refractivity contribution in [2.45, 2.75) is 233 Å². The van der Waals surface area contributed by atoms with Gasteiger partial charge in [-0.2, -0.15) is 0 Å². The van der Waals surface area contributed by atoms with E-state index in [1.165, 1.54) is 23.3 Å². The van der Waals surface area contributed by atoms with Crippen molar-refractivity contribution in [3.8, 4) is 0 Å².